The molecule has 0 amide bonds. The first kappa shape index (κ1) is 28.0. The third-order valence-electron chi connectivity index (χ3n) is 7.43. The summed E-state index contributed by atoms with van der Waals surface area (Å²) in [7, 11) is 0. The molecule has 37 heavy (non-hydrogen) atoms. The summed E-state index contributed by atoms with van der Waals surface area (Å²) in [5.74, 6) is -0.149. The van der Waals surface area contributed by atoms with Gasteiger partial charge in [-0.2, -0.15) is 0 Å². The van der Waals surface area contributed by atoms with Gasteiger partial charge in [-0.25, -0.2) is 4.79 Å². The monoisotopic (exact) mass is 514 g/mol. The van der Waals surface area contributed by atoms with Crippen LogP contribution in [0.5, 0.6) is 0 Å². The summed E-state index contributed by atoms with van der Waals surface area (Å²) in [6, 6.07) is 0. The second-order valence-electron chi connectivity index (χ2n) is 11.0. The molecule has 4 heterocycles. The smallest absolute Gasteiger partial charge is 0.331 e. The van der Waals surface area contributed by atoms with Crippen LogP contribution in [0.15, 0.2) is 60.3 Å². The third-order valence-corrected chi connectivity index (χ3v) is 7.43. The number of hydrogen-bond acceptors (Lipinski definition) is 7. The van der Waals surface area contributed by atoms with Gasteiger partial charge in [0.15, 0.2) is 0 Å². The van der Waals surface area contributed by atoms with E-state index in [1.54, 1.807) is 12.2 Å². The Morgan fingerprint density at radius 3 is 2.68 bits per heavy atom. The first-order chi connectivity index (χ1) is 17.8. The van der Waals surface area contributed by atoms with E-state index in [0.717, 1.165) is 31.3 Å². The Hall–Kier alpha value is -2.03. The van der Waals surface area contributed by atoms with Gasteiger partial charge in [0, 0.05) is 12.5 Å². The van der Waals surface area contributed by atoms with Crippen molar-refractivity contribution in [2.45, 2.75) is 108 Å². The fraction of sp³-hybridized carbons (Fsp3) is 0.633. The highest BCUT2D eigenvalue weighted by Gasteiger charge is 2.46. The lowest BCUT2D eigenvalue weighted by Crippen LogP contribution is -2.32. The lowest BCUT2D eigenvalue weighted by atomic mass is 9.91. The third kappa shape index (κ3) is 8.76. The second kappa shape index (κ2) is 13.2. The van der Waals surface area contributed by atoms with Gasteiger partial charge in [-0.05, 0) is 57.4 Å². The molecule has 0 aromatic heterocycles. The van der Waals surface area contributed by atoms with E-state index in [4.69, 9.17) is 18.9 Å². The molecule has 2 N–H and O–H groups in total. The Bertz CT molecular complexity index is 919. The summed E-state index contributed by atoms with van der Waals surface area (Å²) >= 11 is 0. The molecule has 0 saturated carbocycles. The minimum Gasteiger partial charge on any atom is -0.452 e. The molecule has 9 atom stereocenters. The number of esters is 1. The van der Waals surface area contributed by atoms with Crippen LogP contribution in [0.3, 0.4) is 0 Å². The quantitative estimate of drug-likeness (QED) is 0.325. The van der Waals surface area contributed by atoms with Crippen LogP contribution in [0, 0.1) is 5.92 Å². The van der Waals surface area contributed by atoms with E-state index in [1.807, 2.05) is 18.2 Å². The Morgan fingerprint density at radius 2 is 1.86 bits per heavy atom. The summed E-state index contributed by atoms with van der Waals surface area (Å²) in [6.45, 7) is 8.96. The van der Waals surface area contributed by atoms with Crippen molar-refractivity contribution in [2.24, 2.45) is 5.92 Å². The molecule has 204 valence electrons. The van der Waals surface area contributed by atoms with E-state index < -0.39 is 24.3 Å². The van der Waals surface area contributed by atoms with E-state index in [2.05, 4.69) is 26.5 Å². The van der Waals surface area contributed by atoms with Crippen LogP contribution in [0.25, 0.3) is 0 Å². The summed E-state index contributed by atoms with van der Waals surface area (Å²) in [4.78, 5) is 12.6. The highest BCUT2D eigenvalue weighted by Crippen LogP contribution is 2.34. The van der Waals surface area contributed by atoms with Gasteiger partial charge in [0.1, 0.15) is 12.2 Å². The molecule has 0 aromatic carbocycles. The Balaban J connectivity index is 1.46. The molecule has 1 saturated heterocycles. The summed E-state index contributed by atoms with van der Waals surface area (Å²) in [6.07, 6.45) is 14.3. The maximum absolute atomic E-state index is 12.6. The zero-order chi connectivity index (χ0) is 26.4. The fourth-order valence-corrected chi connectivity index (χ4v) is 5.44. The number of aliphatic hydroxyl groups excluding tert-OH is 2. The first-order valence-electron chi connectivity index (χ1n) is 13.6. The van der Waals surface area contributed by atoms with Crippen LogP contribution >= 0.6 is 0 Å². The topological polar surface area (TPSA) is 97.8 Å². The van der Waals surface area contributed by atoms with Crippen molar-refractivity contribution in [3.8, 4) is 0 Å². The van der Waals surface area contributed by atoms with Gasteiger partial charge in [-0.15, -0.1) is 0 Å². The van der Waals surface area contributed by atoms with Gasteiger partial charge in [-0.1, -0.05) is 55.0 Å². The Labute approximate surface area is 220 Å². The van der Waals surface area contributed by atoms with Crippen LogP contribution in [0.1, 0.15) is 58.8 Å². The second-order valence-corrected chi connectivity index (χ2v) is 11.0. The number of cyclic esters (lactones) is 1. The summed E-state index contributed by atoms with van der Waals surface area (Å²) in [5, 5.41) is 21.7. The largest absolute Gasteiger partial charge is 0.452 e. The zero-order valence-electron chi connectivity index (χ0n) is 22.0. The van der Waals surface area contributed by atoms with Crippen molar-refractivity contribution in [3.63, 3.8) is 0 Å². The molecule has 0 aliphatic carbocycles. The van der Waals surface area contributed by atoms with E-state index in [9.17, 15) is 15.0 Å². The minimum atomic E-state index is -0.980. The fourth-order valence-electron chi connectivity index (χ4n) is 5.44. The van der Waals surface area contributed by atoms with Crippen LogP contribution in [0.4, 0.5) is 0 Å². The number of fused-ring (bicyclic) bond motifs is 3. The van der Waals surface area contributed by atoms with Crippen molar-refractivity contribution in [2.75, 3.05) is 6.61 Å². The van der Waals surface area contributed by atoms with E-state index >= 15 is 0 Å². The molecule has 0 unspecified atom stereocenters. The first-order valence-corrected chi connectivity index (χ1v) is 13.6. The molecule has 0 aromatic rings. The molecule has 7 heteroatoms. The maximum Gasteiger partial charge on any atom is 0.331 e. The van der Waals surface area contributed by atoms with Crippen LogP contribution in [-0.2, 0) is 23.7 Å². The Morgan fingerprint density at radius 1 is 1.03 bits per heavy atom. The van der Waals surface area contributed by atoms with E-state index in [0.29, 0.717) is 25.4 Å². The molecule has 2 bridgehead atoms. The predicted molar refractivity (Wildman–Crippen MR) is 141 cm³/mol. The molecule has 0 spiro atoms. The summed E-state index contributed by atoms with van der Waals surface area (Å²) < 4.78 is 23.3. The van der Waals surface area contributed by atoms with Crippen LogP contribution in [-0.4, -0.2) is 71.6 Å². The van der Waals surface area contributed by atoms with Gasteiger partial charge in [-0.3, -0.25) is 0 Å². The molecular formula is C30H42O7. The molecule has 1 fully saturated rings. The number of ether oxygens (including phenoxy) is 4. The molecule has 7 nitrogen and oxygen atoms in total. The van der Waals surface area contributed by atoms with Crippen molar-refractivity contribution < 1.29 is 34.0 Å². The highest BCUT2D eigenvalue weighted by molar-refractivity contribution is 5.82. The average molecular weight is 515 g/mol. The van der Waals surface area contributed by atoms with Crippen LogP contribution < -0.4 is 0 Å². The number of carbonyl (C=O) groups is 1. The molecular weight excluding hydrogens is 472 g/mol. The normalized spacial score (nSPS) is 41.1. The molecule has 4 aliphatic heterocycles. The van der Waals surface area contributed by atoms with Gasteiger partial charge < -0.3 is 29.2 Å². The lowest BCUT2D eigenvalue weighted by molar-refractivity contribution is -0.145. The van der Waals surface area contributed by atoms with Crippen LogP contribution in [0.2, 0.25) is 0 Å². The Kier molecular flexibility index (Phi) is 9.96. The summed E-state index contributed by atoms with van der Waals surface area (Å²) in [5.41, 5.74) is 2.23. The zero-order valence-corrected chi connectivity index (χ0v) is 22.0. The van der Waals surface area contributed by atoms with Crippen molar-refractivity contribution in [1.82, 2.24) is 0 Å². The molecule has 0 radical (unpaired) electrons. The van der Waals surface area contributed by atoms with E-state index in [1.165, 1.54) is 11.6 Å². The SMILES string of the molecule is C=C1C[C@H](C)C[C@@H]2CC=C[C@@H](C/C=C\C(=O)O[C@@H](/C=C/[C@@H]3CC(C)=CCO3)[C@@H](O)C[C@H]3O[C@@H]3[C@@H](O)C1)O2. The van der Waals surface area contributed by atoms with Crippen molar-refractivity contribution >= 4 is 5.97 Å². The number of hydrogen-bond donors (Lipinski definition) is 2. The van der Waals surface area contributed by atoms with Gasteiger partial charge in [0.25, 0.3) is 0 Å². The van der Waals surface area contributed by atoms with E-state index in [-0.39, 0.29) is 36.9 Å². The lowest BCUT2D eigenvalue weighted by Gasteiger charge is -2.28. The van der Waals surface area contributed by atoms with Gasteiger partial charge >= 0.3 is 5.97 Å². The highest BCUT2D eigenvalue weighted by atomic mass is 16.6. The van der Waals surface area contributed by atoms with Crippen molar-refractivity contribution in [1.29, 1.82) is 0 Å². The number of rotatable bonds is 2. The van der Waals surface area contributed by atoms with Crippen molar-refractivity contribution in [3.05, 3.63) is 60.3 Å². The minimum absolute atomic E-state index is 0.0904. The average Bonchev–Trinajstić information content (AvgIpc) is 3.60. The van der Waals surface area contributed by atoms with Gasteiger partial charge in [0.05, 0.1) is 43.2 Å². The number of epoxide rings is 1. The number of aliphatic hydroxyl groups is 2. The standard InChI is InChI=1S/C30H42O7/c1-19-12-13-34-23(15-19)10-11-27-25(31)18-28-30(37-28)26(32)17-21(3)14-20(2)16-24-8-4-6-22(35-24)7-5-9-29(33)36-27/h4-6,9-12,20,22-28,30-32H,3,7-8,13-18H2,1-2H3/b9-5-,11-10+/t20-,22-,23+,24-,25-,26-,27-,28+,30+/m0/s1. The maximum atomic E-state index is 12.6. The number of carbonyl (C=O) groups excluding carboxylic acids is 1. The van der Waals surface area contributed by atoms with Gasteiger partial charge in [0.2, 0.25) is 0 Å². The molecule has 4 aliphatic rings. The molecule has 4 rings (SSSR count). The predicted octanol–water partition coefficient (Wildman–Crippen LogP) is 4.11.